The fourth-order valence-electron chi connectivity index (χ4n) is 1.75. The maximum Gasteiger partial charge on any atom is 0.0115 e. The highest BCUT2D eigenvalue weighted by molar-refractivity contribution is 4.89. The van der Waals surface area contributed by atoms with Crippen molar-refractivity contribution in [2.75, 3.05) is 19.6 Å². The SMILES string of the molecule is CCN1CCC(N)C(C)(C)C1. The molecule has 2 N–H and O–H groups in total. The van der Waals surface area contributed by atoms with Crippen molar-refractivity contribution in [2.45, 2.75) is 33.2 Å². The molecule has 0 aromatic heterocycles. The molecule has 1 rings (SSSR count). The van der Waals surface area contributed by atoms with E-state index in [1.807, 2.05) is 0 Å². The van der Waals surface area contributed by atoms with Gasteiger partial charge in [0, 0.05) is 12.6 Å². The summed E-state index contributed by atoms with van der Waals surface area (Å²) in [6, 6.07) is 0.394. The summed E-state index contributed by atoms with van der Waals surface area (Å²) in [6.07, 6.45) is 1.15. The summed E-state index contributed by atoms with van der Waals surface area (Å²) in [5.41, 5.74) is 6.32. The first kappa shape index (κ1) is 9.01. The Morgan fingerprint density at radius 3 is 2.64 bits per heavy atom. The molecule has 1 unspecified atom stereocenters. The second kappa shape index (κ2) is 3.11. The van der Waals surface area contributed by atoms with E-state index in [1.165, 1.54) is 6.54 Å². The van der Waals surface area contributed by atoms with Gasteiger partial charge in [0.1, 0.15) is 0 Å². The van der Waals surface area contributed by atoms with E-state index in [0.29, 0.717) is 11.5 Å². The molecule has 0 amide bonds. The molecular weight excluding hydrogens is 136 g/mol. The molecule has 0 spiro atoms. The van der Waals surface area contributed by atoms with Crippen LogP contribution >= 0.6 is 0 Å². The molecule has 2 heteroatoms. The Labute approximate surface area is 69.8 Å². The minimum absolute atomic E-state index is 0.314. The summed E-state index contributed by atoms with van der Waals surface area (Å²) in [4.78, 5) is 2.48. The highest BCUT2D eigenvalue weighted by Crippen LogP contribution is 2.27. The predicted molar refractivity (Wildman–Crippen MR) is 48.5 cm³/mol. The van der Waals surface area contributed by atoms with Gasteiger partial charge in [0.25, 0.3) is 0 Å². The van der Waals surface area contributed by atoms with Crippen molar-refractivity contribution >= 4 is 0 Å². The molecule has 0 bridgehead atoms. The van der Waals surface area contributed by atoms with Gasteiger partial charge in [0.05, 0.1) is 0 Å². The highest BCUT2D eigenvalue weighted by Gasteiger charge is 2.32. The molecule has 0 saturated carbocycles. The largest absolute Gasteiger partial charge is 0.327 e. The standard InChI is InChI=1S/C9H20N2/c1-4-11-6-5-8(10)9(2,3)7-11/h8H,4-7,10H2,1-3H3. The Morgan fingerprint density at radius 1 is 1.55 bits per heavy atom. The second-order valence-corrected chi connectivity index (χ2v) is 4.25. The smallest absolute Gasteiger partial charge is 0.0115 e. The van der Waals surface area contributed by atoms with Crippen molar-refractivity contribution in [3.05, 3.63) is 0 Å². The number of rotatable bonds is 1. The van der Waals surface area contributed by atoms with Crippen LogP contribution in [0.1, 0.15) is 27.2 Å². The van der Waals surface area contributed by atoms with Crippen molar-refractivity contribution in [2.24, 2.45) is 11.1 Å². The fraction of sp³-hybridized carbons (Fsp3) is 1.00. The van der Waals surface area contributed by atoms with Crippen molar-refractivity contribution < 1.29 is 0 Å². The minimum atomic E-state index is 0.314. The molecule has 0 aromatic rings. The van der Waals surface area contributed by atoms with Gasteiger partial charge in [-0.05, 0) is 24.9 Å². The van der Waals surface area contributed by atoms with E-state index in [-0.39, 0.29) is 0 Å². The van der Waals surface area contributed by atoms with Crippen LogP contribution in [0.3, 0.4) is 0 Å². The van der Waals surface area contributed by atoms with Crippen LogP contribution in [0.25, 0.3) is 0 Å². The third-order valence-corrected chi connectivity index (χ3v) is 2.84. The first-order chi connectivity index (χ1) is 5.06. The molecule has 0 aromatic carbocycles. The Bertz CT molecular complexity index is 132. The zero-order valence-corrected chi connectivity index (χ0v) is 7.93. The quantitative estimate of drug-likeness (QED) is 0.615. The Morgan fingerprint density at radius 2 is 2.18 bits per heavy atom. The van der Waals surface area contributed by atoms with E-state index in [0.717, 1.165) is 19.5 Å². The summed E-state index contributed by atoms with van der Waals surface area (Å²) in [5.74, 6) is 0. The maximum atomic E-state index is 6.00. The molecule has 11 heavy (non-hydrogen) atoms. The van der Waals surface area contributed by atoms with Crippen LogP contribution in [0.2, 0.25) is 0 Å². The summed E-state index contributed by atoms with van der Waals surface area (Å²) >= 11 is 0. The van der Waals surface area contributed by atoms with Crippen molar-refractivity contribution in [3.63, 3.8) is 0 Å². The number of nitrogens with two attached hydrogens (primary N) is 1. The van der Waals surface area contributed by atoms with Gasteiger partial charge in [-0.2, -0.15) is 0 Å². The Hall–Kier alpha value is -0.0800. The number of nitrogens with zero attached hydrogens (tertiary/aromatic N) is 1. The summed E-state index contributed by atoms with van der Waals surface area (Å²) in [6.45, 7) is 10.2. The topological polar surface area (TPSA) is 29.3 Å². The van der Waals surface area contributed by atoms with Crippen molar-refractivity contribution in [3.8, 4) is 0 Å². The molecule has 1 aliphatic rings. The van der Waals surface area contributed by atoms with Crippen LogP contribution in [0, 0.1) is 5.41 Å². The lowest BCUT2D eigenvalue weighted by Gasteiger charge is -2.42. The van der Waals surface area contributed by atoms with E-state index in [4.69, 9.17) is 5.73 Å². The number of piperidine rings is 1. The molecule has 0 aliphatic carbocycles. The minimum Gasteiger partial charge on any atom is -0.327 e. The molecular formula is C9H20N2. The average Bonchev–Trinajstić information content (AvgIpc) is 1.95. The molecule has 1 fully saturated rings. The third kappa shape index (κ3) is 1.94. The average molecular weight is 156 g/mol. The van der Waals surface area contributed by atoms with Crippen molar-refractivity contribution in [1.29, 1.82) is 0 Å². The van der Waals surface area contributed by atoms with E-state index in [9.17, 15) is 0 Å². The first-order valence-electron chi connectivity index (χ1n) is 4.54. The van der Waals surface area contributed by atoms with Gasteiger partial charge in [-0.3, -0.25) is 0 Å². The van der Waals surface area contributed by atoms with Crippen LogP contribution < -0.4 is 5.73 Å². The Balaban J connectivity index is 2.52. The molecule has 1 saturated heterocycles. The maximum absolute atomic E-state index is 6.00. The fourth-order valence-corrected chi connectivity index (χ4v) is 1.75. The van der Waals surface area contributed by atoms with Gasteiger partial charge >= 0.3 is 0 Å². The second-order valence-electron chi connectivity index (χ2n) is 4.25. The lowest BCUT2D eigenvalue weighted by atomic mass is 9.80. The number of likely N-dealkylation sites (tertiary alicyclic amines) is 1. The van der Waals surface area contributed by atoms with Gasteiger partial charge < -0.3 is 10.6 Å². The highest BCUT2D eigenvalue weighted by atomic mass is 15.1. The monoisotopic (exact) mass is 156 g/mol. The van der Waals surface area contributed by atoms with Crippen LogP contribution in [0.5, 0.6) is 0 Å². The zero-order chi connectivity index (χ0) is 8.48. The van der Waals surface area contributed by atoms with Crippen LogP contribution in [-0.2, 0) is 0 Å². The van der Waals surface area contributed by atoms with Gasteiger partial charge in [0.15, 0.2) is 0 Å². The molecule has 2 nitrogen and oxygen atoms in total. The first-order valence-corrected chi connectivity index (χ1v) is 4.54. The van der Waals surface area contributed by atoms with Gasteiger partial charge in [0.2, 0.25) is 0 Å². The normalized spacial score (nSPS) is 32.2. The predicted octanol–water partition coefficient (Wildman–Crippen LogP) is 1.07. The molecule has 1 heterocycles. The van der Waals surface area contributed by atoms with E-state index in [1.54, 1.807) is 0 Å². The number of hydrogen-bond acceptors (Lipinski definition) is 2. The van der Waals surface area contributed by atoms with Crippen LogP contribution in [0.15, 0.2) is 0 Å². The third-order valence-electron chi connectivity index (χ3n) is 2.84. The van der Waals surface area contributed by atoms with E-state index >= 15 is 0 Å². The van der Waals surface area contributed by atoms with E-state index < -0.39 is 0 Å². The molecule has 0 radical (unpaired) electrons. The van der Waals surface area contributed by atoms with E-state index in [2.05, 4.69) is 25.7 Å². The molecule has 1 aliphatic heterocycles. The van der Waals surface area contributed by atoms with Gasteiger partial charge in [-0.1, -0.05) is 20.8 Å². The van der Waals surface area contributed by atoms with Gasteiger partial charge in [-0.15, -0.1) is 0 Å². The van der Waals surface area contributed by atoms with Gasteiger partial charge in [-0.25, -0.2) is 0 Å². The summed E-state index contributed by atoms with van der Waals surface area (Å²) < 4.78 is 0. The Kier molecular flexibility index (Phi) is 2.55. The van der Waals surface area contributed by atoms with Crippen molar-refractivity contribution in [1.82, 2.24) is 4.90 Å². The summed E-state index contributed by atoms with van der Waals surface area (Å²) in [7, 11) is 0. The summed E-state index contributed by atoms with van der Waals surface area (Å²) in [5, 5.41) is 0. The molecule has 66 valence electrons. The number of hydrogen-bond donors (Lipinski definition) is 1. The van der Waals surface area contributed by atoms with Crippen LogP contribution in [-0.4, -0.2) is 30.6 Å². The zero-order valence-electron chi connectivity index (χ0n) is 7.93. The van der Waals surface area contributed by atoms with Crippen LogP contribution in [0.4, 0.5) is 0 Å². The lowest BCUT2D eigenvalue weighted by Crippen LogP contribution is -2.52. The lowest BCUT2D eigenvalue weighted by molar-refractivity contribution is 0.100. The molecule has 1 atom stereocenters.